The van der Waals surface area contributed by atoms with Crippen LogP contribution in [0.2, 0.25) is 0 Å². The number of nitrogens with one attached hydrogen (secondary N) is 2. The molecular weight excluding hydrogens is 326 g/mol. The number of carbonyl (C=O) groups is 1. The number of benzene rings is 1. The summed E-state index contributed by atoms with van der Waals surface area (Å²) in [5.41, 5.74) is 1.18. The first-order valence-electron chi connectivity index (χ1n) is 8.34. The number of carbonyl (C=O) groups excluding carboxylic acids is 1. The van der Waals surface area contributed by atoms with Crippen LogP contribution in [0.3, 0.4) is 0 Å². The van der Waals surface area contributed by atoms with Crippen LogP contribution in [0, 0.1) is 0 Å². The fourth-order valence-electron chi connectivity index (χ4n) is 3.28. The normalized spacial score (nSPS) is 22.8. The summed E-state index contributed by atoms with van der Waals surface area (Å²) in [7, 11) is -3.32. The monoisotopic (exact) mass is 353 g/mol. The number of nitrogens with zero attached hydrogens (tertiary/aromatic N) is 1. The first-order chi connectivity index (χ1) is 11.2. The van der Waals surface area contributed by atoms with Gasteiger partial charge in [0, 0.05) is 17.8 Å². The van der Waals surface area contributed by atoms with Crippen LogP contribution in [0.5, 0.6) is 0 Å². The van der Waals surface area contributed by atoms with Crippen LogP contribution in [0.15, 0.2) is 24.3 Å². The van der Waals surface area contributed by atoms with Gasteiger partial charge >= 0.3 is 0 Å². The molecule has 7 heteroatoms. The Morgan fingerprint density at radius 2 is 1.79 bits per heavy atom. The predicted octanol–water partition coefficient (Wildman–Crippen LogP) is 2.65. The van der Waals surface area contributed by atoms with Gasteiger partial charge in [-0.05, 0) is 58.2 Å². The van der Waals surface area contributed by atoms with Gasteiger partial charge in [-0.25, -0.2) is 8.42 Å². The van der Waals surface area contributed by atoms with E-state index >= 15 is 0 Å². The Balaban J connectivity index is 2.07. The van der Waals surface area contributed by atoms with E-state index in [1.807, 2.05) is 17.9 Å². The minimum Gasteiger partial charge on any atom is -0.374 e. The fourth-order valence-corrected chi connectivity index (χ4v) is 3.83. The topological polar surface area (TPSA) is 78.5 Å². The molecule has 0 bridgehead atoms. The molecule has 0 saturated carbocycles. The SMILES string of the molecule is C[C@H](Nc1cccc(NS(C)(=O)=O)c1)C(=O)N1[C@H](C)CCC[C@H]1C. The number of hydrogen-bond donors (Lipinski definition) is 2. The van der Waals surface area contributed by atoms with E-state index in [1.54, 1.807) is 18.2 Å². The summed E-state index contributed by atoms with van der Waals surface area (Å²) in [6.45, 7) is 6.03. The van der Waals surface area contributed by atoms with E-state index in [0.717, 1.165) is 25.5 Å². The average molecular weight is 353 g/mol. The number of sulfonamides is 1. The number of rotatable bonds is 5. The van der Waals surface area contributed by atoms with Crippen LogP contribution in [0.1, 0.15) is 40.0 Å². The molecule has 1 aliphatic heterocycles. The van der Waals surface area contributed by atoms with Crippen LogP contribution in [-0.4, -0.2) is 43.6 Å². The van der Waals surface area contributed by atoms with Gasteiger partial charge in [-0.15, -0.1) is 0 Å². The van der Waals surface area contributed by atoms with Gasteiger partial charge in [0.2, 0.25) is 15.9 Å². The van der Waals surface area contributed by atoms with E-state index in [4.69, 9.17) is 0 Å². The molecule has 0 spiro atoms. The number of anilines is 2. The summed E-state index contributed by atoms with van der Waals surface area (Å²) in [5, 5.41) is 3.18. The van der Waals surface area contributed by atoms with Crippen molar-refractivity contribution < 1.29 is 13.2 Å². The van der Waals surface area contributed by atoms with Gasteiger partial charge in [-0.1, -0.05) is 6.07 Å². The Bertz CT molecular complexity index is 680. The molecule has 134 valence electrons. The predicted molar refractivity (Wildman–Crippen MR) is 97.6 cm³/mol. The van der Waals surface area contributed by atoms with Crippen molar-refractivity contribution in [2.45, 2.75) is 58.2 Å². The molecule has 1 aromatic carbocycles. The maximum Gasteiger partial charge on any atom is 0.245 e. The molecule has 0 radical (unpaired) electrons. The molecular formula is C17H27N3O3S. The van der Waals surface area contributed by atoms with Crippen molar-refractivity contribution in [2.24, 2.45) is 0 Å². The standard InChI is InChI=1S/C17H27N3O3S/c1-12-7-5-8-13(2)20(12)17(21)14(3)18-15-9-6-10-16(11-15)19-24(4,22)23/h6,9-14,18-19H,5,7-8H2,1-4H3/t12-,13-,14+/m1/s1. The Labute approximate surface area is 144 Å². The van der Waals surface area contributed by atoms with Gasteiger partial charge < -0.3 is 10.2 Å². The second-order valence-electron chi connectivity index (χ2n) is 6.70. The number of hydrogen-bond acceptors (Lipinski definition) is 4. The minimum absolute atomic E-state index is 0.0798. The molecule has 3 atom stereocenters. The van der Waals surface area contributed by atoms with Crippen LogP contribution in [-0.2, 0) is 14.8 Å². The van der Waals surface area contributed by atoms with Gasteiger partial charge in [0.25, 0.3) is 0 Å². The van der Waals surface area contributed by atoms with Crippen LogP contribution < -0.4 is 10.0 Å². The van der Waals surface area contributed by atoms with Crippen molar-refractivity contribution in [1.82, 2.24) is 4.90 Å². The molecule has 0 unspecified atom stereocenters. The van der Waals surface area contributed by atoms with Gasteiger partial charge in [-0.3, -0.25) is 9.52 Å². The van der Waals surface area contributed by atoms with E-state index in [-0.39, 0.29) is 24.0 Å². The van der Waals surface area contributed by atoms with Crippen molar-refractivity contribution in [3.05, 3.63) is 24.3 Å². The summed E-state index contributed by atoms with van der Waals surface area (Å²) in [6, 6.07) is 7.06. The maximum absolute atomic E-state index is 12.8. The zero-order chi connectivity index (χ0) is 17.9. The Morgan fingerprint density at radius 3 is 2.38 bits per heavy atom. The highest BCUT2D eigenvalue weighted by atomic mass is 32.2. The molecule has 0 aliphatic carbocycles. The average Bonchev–Trinajstić information content (AvgIpc) is 2.45. The van der Waals surface area contributed by atoms with Gasteiger partial charge in [-0.2, -0.15) is 0 Å². The second-order valence-corrected chi connectivity index (χ2v) is 8.44. The van der Waals surface area contributed by atoms with Crippen LogP contribution >= 0.6 is 0 Å². The molecule has 1 heterocycles. The van der Waals surface area contributed by atoms with Crippen LogP contribution in [0.25, 0.3) is 0 Å². The second kappa shape index (κ2) is 7.42. The highest BCUT2D eigenvalue weighted by Crippen LogP contribution is 2.24. The Kier molecular flexibility index (Phi) is 5.74. The third-order valence-electron chi connectivity index (χ3n) is 4.37. The third kappa shape index (κ3) is 4.87. The largest absolute Gasteiger partial charge is 0.374 e. The van der Waals surface area contributed by atoms with Crippen molar-refractivity contribution in [3.63, 3.8) is 0 Å². The molecule has 2 N–H and O–H groups in total. The zero-order valence-electron chi connectivity index (χ0n) is 14.7. The highest BCUT2D eigenvalue weighted by Gasteiger charge is 2.31. The lowest BCUT2D eigenvalue weighted by atomic mass is 9.96. The lowest BCUT2D eigenvalue weighted by Gasteiger charge is -2.40. The summed E-state index contributed by atoms with van der Waals surface area (Å²) >= 11 is 0. The zero-order valence-corrected chi connectivity index (χ0v) is 15.6. The van der Waals surface area contributed by atoms with Crippen molar-refractivity contribution in [1.29, 1.82) is 0 Å². The number of amides is 1. The maximum atomic E-state index is 12.8. The molecule has 2 rings (SSSR count). The van der Waals surface area contributed by atoms with Crippen LogP contribution in [0.4, 0.5) is 11.4 Å². The highest BCUT2D eigenvalue weighted by molar-refractivity contribution is 7.92. The molecule has 1 saturated heterocycles. The Morgan fingerprint density at radius 1 is 1.21 bits per heavy atom. The molecule has 24 heavy (non-hydrogen) atoms. The van der Waals surface area contributed by atoms with E-state index in [1.165, 1.54) is 0 Å². The van der Waals surface area contributed by atoms with E-state index in [2.05, 4.69) is 23.9 Å². The Hall–Kier alpha value is -1.76. The van der Waals surface area contributed by atoms with Gasteiger partial charge in [0.1, 0.15) is 6.04 Å². The van der Waals surface area contributed by atoms with E-state index < -0.39 is 10.0 Å². The smallest absolute Gasteiger partial charge is 0.245 e. The van der Waals surface area contributed by atoms with Gasteiger partial charge in [0.15, 0.2) is 0 Å². The van der Waals surface area contributed by atoms with Crippen molar-refractivity contribution in [2.75, 3.05) is 16.3 Å². The fraction of sp³-hybridized carbons (Fsp3) is 0.588. The molecule has 0 aromatic heterocycles. The van der Waals surface area contributed by atoms with Gasteiger partial charge in [0.05, 0.1) is 11.9 Å². The number of piperidine rings is 1. The van der Waals surface area contributed by atoms with Crippen molar-refractivity contribution in [3.8, 4) is 0 Å². The molecule has 1 aliphatic rings. The summed E-state index contributed by atoms with van der Waals surface area (Å²) < 4.78 is 25.1. The quantitative estimate of drug-likeness (QED) is 0.853. The lowest BCUT2D eigenvalue weighted by molar-refractivity contribution is -0.137. The summed E-state index contributed by atoms with van der Waals surface area (Å²) in [5.74, 6) is 0.0798. The molecule has 6 nitrogen and oxygen atoms in total. The summed E-state index contributed by atoms with van der Waals surface area (Å²) in [6.07, 6.45) is 4.35. The lowest BCUT2D eigenvalue weighted by Crippen LogP contribution is -2.52. The molecule has 1 fully saturated rings. The first-order valence-corrected chi connectivity index (χ1v) is 10.2. The number of likely N-dealkylation sites (tertiary alicyclic amines) is 1. The third-order valence-corrected chi connectivity index (χ3v) is 4.97. The van der Waals surface area contributed by atoms with E-state index in [0.29, 0.717) is 11.4 Å². The molecule has 1 aromatic rings. The minimum atomic E-state index is -3.32. The van der Waals surface area contributed by atoms with Crippen molar-refractivity contribution >= 4 is 27.3 Å². The summed E-state index contributed by atoms with van der Waals surface area (Å²) in [4.78, 5) is 14.8. The molecule has 1 amide bonds. The van der Waals surface area contributed by atoms with E-state index in [9.17, 15) is 13.2 Å². The first kappa shape index (κ1) is 18.6.